The maximum absolute atomic E-state index is 13.0. The first-order chi connectivity index (χ1) is 12.4. The van der Waals surface area contributed by atoms with Crippen LogP contribution in [0.1, 0.15) is 28.8 Å². The number of sulfone groups is 1. The summed E-state index contributed by atoms with van der Waals surface area (Å²) in [4.78, 5) is 15.0. The molecule has 1 fully saturated rings. The van der Waals surface area contributed by atoms with Crippen LogP contribution in [0.3, 0.4) is 0 Å². The van der Waals surface area contributed by atoms with Crippen molar-refractivity contribution in [2.75, 3.05) is 19.4 Å². The number of nitrogens with zero attached hydrogens (tertiary/aromatic N) is 1. The summed E-state index contributed by atoms with van der Waals surface area (Å²) in [7, 11) is -3.28. The van der Waals surface area contributed by atoms with Crippen LogP contribution in [0.4, 0.5) is 0 Å². The standard InChI is InChI=1S/C20H23NO4S/c1-26(23,24)19-11-9-17(10-12-19)20(22)21(15-18-8-5-13-25-18)14-16-6-3-2-4-7-16/h2-4,6-7,9-12,18H,5,8,13-15H2,1H3/t18-/m1/s1. The predicted molar refractivity (Wildman–Crippen MR) is 99.7 cm³/mol. The van der Waals surface area contributed by atoms with Gasteiger partial charge in [-0.1, -0.05) is 30.3 Å². The molecular weight excluding hydrogens is 350 g/mol. The monoisotopic (exact) mass is 373 g/mol. The van der Waals surface area contributed by atoms with Crippen molar-refractivity contribution in [3.8, 4) is 0 Å². The second-order valence-electron chi connectivity index (χ2n) is 6.60. The number of hydrogen-bond donors (Lipinski definition) is 0. The maximum Gasteiger partial charge on any atom is 0.254 e. The first-order valence-corrected chi connectivity index (χ1v) is 10.6. The lowest BCUT2D eigenvalue weighted by Crippen LogP contribution is -2.37. The summed E-state index contributed by atoms with van der Waals surface area (Å²) >= 11 is 0. The molecule has 2 aromatic carbocycles. The van der Waals surface area contributed by atoms with Crippen LogP contribution in [0.2, 0.25) is 0 Å². The Bertz CT molecular complexity index is 841. The van der Waals surface area contributed by atoms with Crippen molar-refractivity contribution in [3.05, 3.63) is 65.7 Å². The second-order valence-corrected chi connectivity index (χ2v) is 8.62. The molecule has 0 unspecified atom stereocenters. The minimum absolute atomic E-state index is 0.0537. The molecule has 0 spiro atoms. The molecule has 0 aliphatic carbocycles. The van der Waals surface area contributed by atoms with Crippen molar-refractivity contribution in [2.45, 2.75) is 30.4 Å². The highest BCUT2D eigenvalue weighted by Crippen LogP contribution is 2.18. The van der Waals surface area contributed by atoms with Gasteiger partial charge in [-0.15, -0.1) is 0 Å². The molecule has 1 amide bonds. The van der Waals surface area contributed by atoms with E-state index in [9.17, 15) is 13.2 Å². The zero-order chi connectivity index (χ0) is 18.6. The molecule has 0 radical (unpaired) electrons. The van der Waals surface area contributed by atoms with Crippen LogP contribution in [0.5, 0.6) is 0 Å². The molecule has 1 aliphatic heterocycles. The summed E-state index contributed by atoms with van der Waals surface area (Å²) in [5.74, 6) is -0.121. The van der Waals surface area contributed by atoms with Gasteiger partial charge in [0.2, 0.25) is 0 Å². The van der Waals surface area contributed by atoms with Crippen LogP contribution in [0.15, 0.2) is 59.5 Å². The Balaban J connectivity index is 1.81. The topological polar surface area (TPSA) is 63.7 Å². The Morgan fingerprint density at radius 3 is 2.38 bits per heavy atom. The van der Waals surface area contributed by atoms with Gasteiger partial charge in [0, 0.05) is 31.5 Å². The molecule has 1 heterocycles. The lowest BCUT2D eigenvalue weighted by molar-refractivity contribution is 0.0507. The summed E-state index contributed by atoms with van der Waals surface area (Å²) in [6.07, 6.45) is 3.17. The number of hydrogen-bond acceptors (Lipinski definition) is 4. The summed E-state index contributed by atoms with van der Waals surface area (Å²) in [6, 6.07) is 15.9. The first kappa shape index (κ1) is 18.6. The average molecular weight is 373 g/mol. The van der Waals surface area contributed by atoms with E-state index in [0.29, 0.717) is 18.7 Å². The van der Waals surface area contributed by atoms with Gasteiger partial charge in [-0.2, -0.15) is 0 Å². The Morgan fingerprint density at radius 2 is 1.81 bits per heavy atom. The maximum atomic E-state index is 13.0. The Hall–Kier alpha value is -2.18. The van der Waals surface area contributed by atoms with E-state index in [1.54, 1.807) is 17.0 Å². The SMILES string of the molecule is CS(=O)(=O)c1ccc(C(=O)N(Cc2ccccc2)C[C@H]2CCCO2)cc1. The van der Waals surface area contributed by atoms with Crippen molar-refractivity contribution in [2.24, 2.45) is 0 Å². The molecule has 1 aliphatic rings. The number of rotatable bonds is 6. The number of benzene rings is 2. The summed E-state index contributed by atoms with van der Waals surface area (Å²) < 4.78 is 28.9. The highest BCUT2D eigenvalue weighted by atomic mass is 32.2. The molecule has 0 saturated carbocycles. The molecule has 0 aromatic heterocycles. The largest absolute Gasteiger partial charge is 0.376 e. The fraction of sp³-hybridized carbons (Fsp3) is 0.350. The van der Waals surface area contributed by atoms with Crippen molar-refractivity contribution < 1.29 is 17.9 Å². The number of amides is 1. The Morgan fingerprint density at radius 1 is 1.12 bits per heavy atom. The van der Waals surface area contributed by atoms with Crippen LogP contribution >= 0.6 is 0 Å². The lowest BCUT2D eigenvalue weighted by atomic mass is 10.1. The van der Waals surface area contributed by atoms with Gasteiger partial charge in [-0.05, 0) is 42.7 Å². The second kappa shape index (κ2) is 8.01. The highest BCUT2D eigenvalue weighted by Gasteiger charge is 2.24. The van der Waals surface area contributed by atoms with E-state index in [1.807, 2.05) is 30.3 Å². The first-order valence-electron chi connectivity index (χ1n) is 8.68. The van der Waals surface area contributed by atoms with Crippen molar-refractivity contribution in [1.82, 2.24) is 4.90 Å². The van der Waals surface area contributed by atoms with Gasteiger partial charge in [0.1, 0.15) is 0 Å². The van der Waals surface area contributed by atoms with Crippen LogP contribution in [0.25, 0.3) is 0 Å². The third-order valence-corrected chi connectivity index (χ3v) is 5.61. The normalized spacial score (nSPS) is 17.2. The molecule has 1 saturated heterocycles. The van der Waals surface area contributed by atoms with E-state index < -0.39 is 9.84 Å². The summed E-state index contributed by atoms with van der Waals surface area (Å²) in [5.41, 5.74) is 1.53. The number of ether oxygens (including phenoxy) is 1. The fourth-order valence-corrected chi connectivity index (χ4v) is 3.71. The van der Waals surface area contributed by atoms with Gasteiger partial charge in [0.15, 0.2) is 9.84 Å². The molecule has 138 valence electrons. The Labute approximate surface area is 154 Å². The molecule has 0 bridgehead atoms. The third-order valence-electron chi connectivity index (χ3n) is 4.48. The molecule has 3 rings (SSSR count). The molecule has 2 aromatic rings. The van der Waals surface area contributed by atoms with Gasteiger partial charge in [-0.3, -0.25) is 4.79 Å². The van der Waals surface area contributed by atoms with Gasteiger partial charge < -0.3 is 9.64 Å². The van der Waals surface area contributed by atoms with Gasteiger partial charge >= 0.3 is 0 Å². The van der Waals surface area contributed by atoms with Crippen LogP contribution in [-0.2, 0) is 21.1 Å². The van der Waals surface area contributed by atoms with Gasteiger partial charge in [0.05, 0.1) is 11.0 Å². The molecule has 5 nitrogen and oxygen atoms in total. The number of carbonyl (C=O) groups is 1. The van der Waals surface area contributed by atoms with Crippen LogP contribution < -0.4 is 0 Å². The molecule has 0 N–H and O–H groups in total. The Kier molecular flexibility index (Phi) is 5.74. The predicted octanol–water partition coefficient (Wildman–Crippen LogP) is 2.91. The van der Waals surface area contributed by atoms with Gasteiger partial charge in [0.25, 0.3) is 5.91 Å². The van der Waals surface area contributed by atoms with E-state index in [2.05, 4.69) is 0 Å². The fourth-order valence-electron chi connectivity index (χ4n) is 3.08. The minimum atomic E-state index is -3.28. The zero-order valence-corrected chi connectivity index (χ0v) is 15.6. The van der Waals surface area contributed by atoms with E-state index >= 15 is 0 Å². The quantitative estimate of drug-likeness (QED) is 0.781. The van der Waals surface area contributed by atoms with Gasteiger partial charge in [-0.25, -0.2) is 8.42 Å². The van der Waals surface area contributed by atoms with Crippen molar-refractivity contribution >= 4 is 15.7 Å². The molecular formula is C20H23NO4S. The summed E-state index contributed by atoms with van der Waals surface area (Å²) in [6.45, 7) is 1.76. The van der Waals surface area contributed by atoms with E-state index in [4.69, 9.17) is 4.74 Å². The lowest BCUT2D eigenvalue weighted by Gasteiger charge is -2.26. The highest BCUT2D eigenvalue weighted by molar-refractivity contribution is 7.90. The summed E-state index contributed by atoms with van der Waals surface area (Å²) in [5, 5.41) is 0. The van der Waals surface area contributed by atoms with Crippen LogP contribution in [-0.4, -0.2) is 44.7 Å². The van der Waals surface area contributed by atoms with E-state index in [1.165, 1.54) is 12.1 Å². The third kappa shape index (κ3) is 4.71. The molecule has 26 heavy (non-hydrogen) atoms. The average Bonchev–Trinajstić information content (AvgIpc) is 3.14. The zero-order valence-electron chi connectivity index (χ0n) is 14.8. The minimum Gasteiger partial charge on any atom is -0.376 e. The number of carbonyl (C=O) groups excluding carboxylic acids is 1. The van der Waals surface area contributed by atoms with E-state index in [0.717, 1.165) is 31.3 Å². The molecule has 6 heteroatoms. The van der Waals surface area contributed by atoms with Crippen LogP contribution in [0, 0.1) is 0 Å². The van der Waals surface area contributed by atoms with Crippen molar-refractivity contribution in [3.63, 3.8) is 0 Å². The van der Waals surface area contributed by atoms with Crippen molar-refractivity contribution in [1.29, 1.82) is 0 Å². The molecule has 1 atom stereocenters. The smallest absolute Gasteiger partial charge is 0.254 e. The van der Waals surface area contributed by atoms with E-state index in [-0.39, 0.29) is 16.9 Å².